The first-order valence-electron chi connectivity index (χ1n) is 5.54. The number of amides is 1. The van der Waals surface area contributed by atoms with Gasteiger partial charge in [-0.1, -0.05) is 0 Å². The molecule has 6 nitrogen and oxygen atoms in total. The molecule has 96 valence electrons. The molecule has 1 aromatic heterocycles. The van der Waals surface area contributed by atoms with Crippen molar-refractivity contribution in [3.8, 4) is 0 Å². The second-order valence-corrected chi connectivity index (χ2v) is 5.12. The average molecular weight is 240 g/mol. The van der Waals surface area contributed by atoms with Crippen LogP contribution in [0.2, 0.25) is 0 Å². The van der Waals surface area contributed by atoms with Crippen LogP contribution in [0.1, 0.15) is 40.7 Å². The summed E-state index contributed by atoms with van der Waals surface area (Å²) < 4.78 is 6.74. The summed E-state index contributed by atoms with van der Waals surface area (Å²) in [6.45, 7) is 9.32. The first-order chi connectivity index (χ1) is 7.69. The van der Waals surface area contributed by atoms with Crippen molar-refractivity contribution < 1.29 is 9.53 Å². The Morgan fingerprint density at radius 2 is 2.12 bits per heavy atom. The van der Waals surface area contributed by atoms with Crippen molar-refractivity contribution in [2.45, 2.75) is 46.3 Å². The maximum atomic E-state index is 11.5. The third-order valence-electron chi connectivity index (χ3n) is 1.88. The average Bonchev–Trinajstić information content (AvgIpc) is 2.42. The summed E-state index contributed by atoms with van der Waals surface area (Å²) in [5.41, 5.74) is 5.22. The van der Waals surface area contributed by atoms with Crippen LogP contribution in [0.3, 0.4) is 0 Å². The van der Waals surface area contributed by atoms with Crippen molar-refractivity contribution in [1.29, 1.82) is 0 Å². The first-order valence-corrected chi connectivity index (χ1v) is 5.54. The van der Waals surface area contributed by atoms with Crippen molar-refractivity contribution in [2.24, 2.45) is 0 Å². The second kappa shape index (κ2) is 4.65. The quantitative estimate of drug-likeness (QED) is 0.831. The first kappa shape index (κ1) is 13.3. The number of hydrogen-bond acceptors (Lipinski definition) is 4. The SMILES string of the molecule is CC(C)n1nc(NC(=O)OC(C)(C)C)cc1N. The number of hydrogen-bond donors (Lipinski definition) is 2. The molecular formula is C11H20N4O2. The Labute approximate surface area is 101 Å². The van der Waals surface area contributed by atoms with E-state index in [9.17, 15) is 4.79 Å². The molecule has 0 aliphatic rings. The van der Waals surface area contributed by atoms with E-state index >= 15 is 0 Å². The van der Waals surface area contributed by atoms with Gasteiger partial charge in [-0.25, -0.2) is 9.48 Å². The molecule has 1 amide bonds. The fourth-order valence-electron chi connectivity index (χ4n) is 1.29. The molecule has 0 aliphatic carbocycles. The molecular weight excluding hydrogens is 220 g/mol. The van der Waals surface area contributed by atoms with Gasteiger partial charge in [0.1, 0.15) is 11.4 Å². The van der Waals surface area contributed by atoms with E-state index in [-0.39, 0.29) is 6.04 Å². The predicted octanol–water partition coefficient (Wildman–Crippen LogP) is 2.39. The van der Waals surface area contributed by atoms with Gasteiger partial charge >= 0.3 is 6.09 Å². The summed E-state index contributed by atoms with van der Waals surface area (Å²) >= 11 is 0. The van der Waals surface area contributed by atoms with E-state index in [1.807, 2.05) is 13.8 Å². The topological polar surface area (TPSA) is 82.2 Å². The maximum Gasteiger partial charge on any atom is 0.413 e. The minimum Gasteiger partial charge on any atom is -0.444 e. The molecule has 0 fully saturated rings. The third kappa shape index (κ3) is 3.97. The van der Waals surface area contributed by atoms with Crippen molar-refractivity contribution >= 4 is 17.7 Å². The molecule has 0 atom stereocenters. The van der Waals surface area contributed by atoms with Crippen molar-refractivity contribution in [2.75, 3.05) is 11.1 Å². The summed E-state index contributed by atoms with van der Waals surface area (Å²) in [7, 11) is 0. The molecule has 1 rings (SSSR count). The summed E-state index contributed by atoms with van der Waals surface area (Å²) in [5.74, 6) is 0.900. The summed E-state index contributed by atoms with van der Waals surface area (Å²) in [6.07, 6.45) is -0.536. The van der Waals surface area contributed by atoms with Crippen LogP contribution < -0.4 is 11.1 Å². The predicted molar refractivity (Wildman–Crippen MR) is 66.9 cm³/mol. The number of aromatic nitrogens is 2. The Balaban J connectivity index is 2.70. The highest BCUT2D eigenvalue weighted by atomic mass is 16.6. The van der Waals surface area contributed by atoms with E-state index in [0.29, 0.717) is 11.6 Å². The van der Waals surface area contributed by atoms with Crippen LogP contribution >= 0.6 is 0 Å². The number of anilines is 2. The lowest BCUT2D eigenvalue weighted by molar-refractivity contribution is 0.0635. The van der Waals surface area contributed by atoms with Crippen LogP contribution in [-0.4, -0.2) is 21.5 Å². The molecule has 0 aliphatic heterocycles. The molecule has 1 heterocycles. The molecule has 0 radical (unpaired) electrons. The lowest BCUT2D eigenvalue weighted by Crippen LogP contribution is -2.27. The molecule has 0 saturated heterocycles. The standard InChI is InChI=1S/C11H20N4O2/c1-7(2)15-8(12)6-9(14-15)13-10(16)17-11(3,4)5/h6-7H,12H2,1-5H3,(H,13,14,16). The minimum atomic E-state index is -0.536. The van der Waals surface area contributed by atoms with Gasteiger partial charge in [-0.05, 0) is 34.6 Å². The van der Waals surface area contributed by atoms with E-state index < -0.39 is 11.7 Å². The number of nitrogen functional groups attached to an aromatic ring is 1. The van der Waals surface area contributed by atoms with Gasteiger partial charge in [0.15, 0.2) is 5.82 Å². The van der Waals surface area contributed by atoms with Crippen LogP contribution in [0.4, 0.5) is 16.4 Å². The summed E-state index contributed by atoms with van der Waals surface area (Å²) in [5, 5.41) is 6.70. The number of carbonyl (C=O) groups is 1. The molecule has 0 aromatic carbocycles. The lowest BCUT2D eigenvalue weighted by atomic mass is 10.2. The molecule has 1 aromatic rings. The van der Waals surface area contributed by atoms with Crippen LogP contribution in [-0.2, 0) is 4.74 Å². The second-order valence-electron chi connectivity index (χ2n) is 5.12. The van der Waals surface area contributed by atoms with Gasteiger partial charge in [0, 0.05) is 12.1 Å². The van der Waals surface area contributed by atoms with Crippen molar-refractivity contribution in [1.82, 2.24) is 9.78 Å². The number of carbonyl (C=O) groups excluding carboxylic acids is 1. The fourth-order valence-corrected chi connectivity index (χ4v) is 1.29. The van der Waals surface area contributed by atoms with Gasteiger partial charge in [-0.3, -0.25) is 5.32 Å². The largest absolute Gasteiger partial charge is 0.444 e. The number of nitrogens with two attached hydrogens (primary N) is 1. The number of nitrogens with zero attached hydrogens (tertiary/aromatic N) is 2. The van der Waals surface area contributed by atoms with Crippen molar-refractivity contribution in [3.63, 3.8) is 0 Å². The summed E-state index contributed by atoms with van der Waals surface area (Å²) in [4.78, 5) is 11.5. The van der Waals surface area contributed by atoms with Crippen LogP contribution in [0.25, 0.3) is 0 Å². The molecule has 0 unspecified atom stereocenters. The molecule has 6 heteroatoms. The smallest absolute Gasteiger partial charge is 0.413 e. The molecule has 0 bridgehead atoms. The normalized spacial score (nSPS) is 11.6. The Morgan fingerprint density at radius 1 is 1.53 bits per heavy atom. The zero-order valence-electron chi connectivity index (χ0n) is 10.9. The lowest BCUT2D eigenvalue weighted by Gasteiger charge is -2.19. The molecule has 0 spiro atoms. The van der Waals surface area contributed by atoms with E-state index in [1.165, 1.54) is 0 Å². The van der Waals surface area contributed by atoms with Gasteiger partial charge in [0.2, 0.25) is 0 Å². The van der Waals surface area contributed by atoms with Gasteiger partial charge in [0.25, 0.3) is 0 Å². The van der Waals surface area contributed by atoms with Crippen LogP contribution in [0, 0.1) is 0 Å². The van der Waals surface area contributed by atoms with Crippen LogP contribution in [0.5, 0.6) is 0 Å². The fraction of sp³-hybridized carbons (Fsp3) is 0.636. The van der Waals surface area contributed by atoms with E-state index in [2.05, 4.69) is 10.4 Å². The highest BCUT2D eigenvalue weighted by Crippen LogP contribution is 2.17. The van der Waals surface area contributed by atoms with E-state index in [4.69, 9.17) is 10.5 Å². The third-order valence-corrected chi connectivity index (χ3v) is 1.88. The highest BCUT2D eigenvalue weighted by Gasteiger charge is 2.17. The monoisotopic (exact) mass is 240 g/mol. The van der Waals surface area contributed by atoms with E-state index in [1.54, 1.807) is 31.5 Å². The van der Waals surface area contributed by atoms with E-state index in [0.717, 1.165) is 0 Å². The number of nitrogens with one attached hydrogen (secondary N) is 1. The molecule has 3 N–H and O–H groups in total. The van der Waals surface area contributed by atoms with Gasteiger partial charge < -0.3 is 10.5 Å². The minimum absolute atomic E-state index is 0.143. The molecule has 0 saturated carbocycles. The maximum absolute atomic E-state index is 11.5. The van der Waals surface area contributed by atoms with Crippen molar-refractivity contribution in [3.05, 3.63) is 6.07 Å². The summed E-state index contributed by atoms with van der Waals surface area (Å²) in [6, 6.07) is 1.74. The van der Waals surface area contributed by atoms with Gasteiger partial charge in [0.05, 0.1) is 0 Å². The Bertz CT molecular complexity index is 404. The highest BCUT2D eigenvalue weighted by molar-refractivity contribution is 5.84. The number of ether oxygens (including phenoxy) is 1. The Morgan fingerprint density at radius 3 is 2.53 bits per heavy atom. The molecule has 17 heavy (non-hydrogen) atoms. The zero-order valence-corrected chi connectivity index (χ0v) is 10.9. The van der Waals surface area contributed by atoms with Gasteiger partial charge in [-0.15, -0.1) is 0 Å². The van der Waals surface area contributed by atoms with Crippen LogP contribution in [0.15, 0.2) is 6.07 Å². The van der Waals surface area contributed by atoms with Gasteiger partial charge in [-0.2, -0.15) is 5.10 Å². The zero-order chi connectivity index (χ0) is 13.2. The number of rotatable bonds is 2. The Hall–Kier alpha value is -1.72. The Kier molecular flexibility index (Phi) is 3.65.